The lowest BCUT2D eigenvalue weighted by Gasteiger charge is -2.09. The van der Waals surface area contributed by atoms with Crippen molar-refractivity contribution in [1.29, 1.82) is 0 Å². The van der Waals surface area contributed by atoms with Crippen LogP contribution < -0.4 is 0 Å². The Balaban J connectivity index is 2.20. The van der Waals surface area contributed by atoms with Crippen molar-refractivity contribution in [2.24, 2.45) is 0 Å². The Kier molecular flexibility index (Phi) is 2.11. The molecule has 0 aliphatic carbocycles. The van der Waals surface area contributed by atoms with Gasteiger partial charge in [-0.25, -0.2) is 9.67 Å². The minimum Gasteiger partial charge on any atom is -0.250 e. The molecular formula is C9H15N3. The third kappa shape index (κ3) is 1.36. The molecule has 1 aliphatic rings. The van der Waals surface area contributed by atoms with Crippen LogP contribution in [0.4, 0.5) is 0 Å². The van der Waals surface area contributed by atoms with Gasteiger partial charge in [0.2, 0.25) is 0 Å². The van der Waals surface area contributed by atoms with Crippen molar-refractivity contribution < 1.29 is 0 Å². The zero-order valence-electron chi connectivity index (χ0n) is 7.58. The molecule has 66 valence electrons. The number of hydrogen-bond donors (Lipinski definition) is 0. The number of fused-ring (bicyclic) bond motifs is 1. The molecule has 1 aromatic rings. The molecule has 3 nitrogen and oxygen atoms in total. The molecule has 0 saturated heterocycles. The van der Waals surface area contributed by atoms with Crippen molar-refractivity contribution in [3.8, 4) is 0 Å². The molecular weight excluding hydrogens is 150 g/mol. The fourth-order valence-electron chi connectivity index (χ4n) is 1.66. The van der Waals surface area contributed by atoms with Gasteiger partial charge < -0.3 is 0 Å². The van der Waals surface area contributed by atoms with Crippen molar-refractivity contribution in [3.63, 3.8) is 0 Å². The molecule has 0 fully saturated rings. The van der Waals surface area contributed by atoms with Gasteiger partial charge in [0.15, 0.2) is 5.82 Å². The lowest BCUT2D eigenvalue weighted by Crippen LogP contribution is -2.11. The largest absolute Gasteiger partial charge is 0.250 e. The molecule has 0 radical (unpaired) electrons. The van der Waals surface area contributed by atoms with E-state index in [0.717, 1.165) is 31.6 Å². The van der Waals surface area contributed by atoms with Gasteiger partial charge in [-0.3, -0.25) is 0 Å². The molecule has 0 atom stereocenters. The average Bonchev–Trinajstić information content (AvgIpc) is 2.47. The van der Waals surface area contributed by atoms with Gasteiger partial charge in [-0.2, -0.15) is 5.10 Å². The van der Waals surface area contributed by atoms with E-state index in [-0.39, 0.29) is 0 Å². The highest BCUT2D eigenvalue weighted by atomic mass is 15.3. The van der Waals surface area contributed by atoms with Crippen molar-refractivity contribution in [3.05, 3.63) is 11.6 Å². The van der Waals surface area contributed by atoms with Gasteiger partial charge in [0.1, 0.15) is 5.82 Å². The third-order valence-corrected chi connectivity index (χ3v) is 2.29. The fraction of sp³-hybridized carbons (Fsp3) is 0.778. The van der Waals surface area contributed by atoms with Gasteiger partial charge >= 0.3 is 0 Å². The molecule has 2 heterocycles. The lowest BCUT2D eigenvalue weighted by atomic mass is 10.2. The Labute approximate surface area is 72.8 Å². The first kappa shape index (κ1) is 7.77. The first-order valence-electron chi connectivity index (χ1n) is 4.82. The van der Waals surface area contributed by atoms with E-state index in [1.165, 1.54) is 18.7 Å². The Morgan fingerprint density at radius 2 is 2.33 bits per heavy atom. The number of aryl methyl sites for hydroxylation is 3. The SMILES string of the molecule is CCCc1nc2n(n1)CCCC2. The maximum atomic E-state index is 4.49. The van der Waals surface area contributed by atoms with E-state index in [1.807, 2.05) is 0 Å². The highest BCUT2D eigenvalue weighted by Crippen LogP contribution is 2.12. The molecule has 0 spiro atoms. The molecule has 1 aliphatic heterocycles. The Morgan fingerprint density at radius 3 is 3.08 bits per heavy atom. The molecule has 0 aromatic carbocycles. The second-order valence-electron chi connectivity index (χ2n) is 3.37. The van der Waals surface area contributed by atoms with Crippen molar-refractivity contribution >= 4 is 0 Å². The zero-order chi connectivity index (χ0) is 8.39. The molecule has 0 unspecified atom stereocenters. The van der Waals surface area contributed by atoms with Crippen LogP contribution in [0.25, 0.3) is 0 Å². The van der Waals surface area contributed by atoms with E-state index in [1.54, 1.807) is 0 Å². The normalized spacial score (nSPS) is 16.1. The van der Waals surface area contributed by atoms with E-state index >= 15 is 0 Å². The van der Waals surface area contributed by atoms with Crippen molar-refractivity contribution in [2.75, 3.05) is 0 Å². The van der Waals surface area contributed by atoms with Crippen LogP contribution in [-0.2, 0) is 19.4 Å². The zero-order valence-corrected chi connectivity index (χ0v) is 7.58. The molecule has 2 rings (SSSR count). The second kappa shape index (κ2) is 3.25. The van der Waals surface area contributed by atoms with Crippen LogP contribution in [0.15, 0.2) is 0 Å². The van der Waals surface area contributed by atoms with Crippen LogP contribution in [0.1, 0.15) is 37.8 Å². The smallest absolute Gasteiger partial charge is 0.150 e. The summed E-state index contributed by atoms with van der Waals surface area (Å²) in [5.41, 5.74) is 0. The Morgan fingerprint density at radius 1 is 1.42 bits per heavy atom. The standard InChI is InChI=1S/C9H15N3/c1-2-5-8-10-9-6-3-4-7-12(9)11-8/h2-7H2,1H3. The Bertz CT molecular complexity index is 241. The van der Waals surface area contributed by atoms with Crippen LogP contribution in [0, 0.1) is 0 Å². The van der Waals surface area contributed by atoms with Gasteiger partial charge in [0, 0.05) is 19.4 Å². The summed E-state index contributed by atoms with van der Waals surface area (Å²) in [5.74, 6) is 2.24. The van der Waals surface area contributed by atoms with Gasteiger partial charge in [-0.05, 0) is 19.3 Å². The van der Waals surface area contributed by atoms with Crippen LogP contribution in [0.5, 0.6) is 0 Å². The topological polar surface area (TPSA) is 30.7 Å². The predicted octanol–water partition coefficient (Wildman–Crippen LogP) is 1.57. The maximum Gasteiger partial charge on any atom is 0.150 e. The molecule has 0 amide bonds. The van der Waals surface area contributed by atoms with Crippen LogP contribution >= 0.6 is 0 Å². The number of hydrogen-bond acceptors (Lipinski definition) is 2. The first-order valence-corrected chi connectivity index (χ1v) is 4.82. The summed E-state index contributed by atoms with van der Waals surface area (Å²) in [6, 6.07) is 0. The summed E-state index contributed by atoms with van der Waals surface area (Å²) in [4.78, 5) is 4.49. The van der Waals surface area contributed by atoms with Crippen LogP contribution in [0.3, 0.4) is 0 Å². The second-order valence-corrected chi connectivity index (χ2v) is 3.37. The third-order valence-electron chi connectivity index (χ3n) is 2.29. The summed E-state index contributed by atoms with van der Waals surface area (Å²) in [5, 5.41) is 4.45. The monoisotopic (exact) mass is 165 g/mol. The summed E-state index contributed by atoms with van der Waals surface area (Å²) < 4.78 is 2.08. The van der Waals surface area contributed by atoms with E-state index in [0.29, 0.717) is 0 Å². The van der Waals surface area contributed by atoms with E-state index in [2.05, 4.69) is 21.7 Å². The van der Waals surface area contributed by atoms with E-state index in [9.17, 15) is 0 Å². The molecule has 0 saturated carbocycles. The molecule has 1 aromatic heterocycles. The summed E-state index contributed by atoms with van der Waals surface area (Å²) in [7, 11) is 0. The van der Waals surface area contributed by atoms with E-state index in [4.69, 9.17) is 0 Å². The summed E-state index contributed by atoms with van der Waals surface area (Å²) in [6.07, 6.45) is 5.84. The lowest BCUT2D eigenvalue weighted by molar-refractivity contribution is 0.478. The van der Waals surface area contributed by atoms with E-state index < -0.39 is 0 Å². The predicted molar refractivity (Wildman–Crippen MR) is 47.0 cm³/mol. The molecule has 0 bridgehead atoms. The molecule has 3 heteroatoms. The fourth-order valence-corrected chi connectivity index (χ4v) is 1.66. The number of rotatable bonds is 2. The summed E-state index contributed by atoms with van der Waals surface area (Å²) in [6.45, 7) is 3.24. The Hall–Kier alpha value is -0.860. The summed E-state index contributed by atoms with van der Waals surface area (Å²) >= 11 is 0. The van der Waals surface area contributed by atoms with Gasteiger partial charge in [0.25, 0.3) is 0 Å². The molecule has 12 heavy (non-hydrogen) atoms. The quantitative estimate of drug-likeness (QED) is 0.666. The minimum atomic E-state index is 1.03. The average molecular weight is 165 g/mol. The minimum absolute atomic E-state index is 1.03. The number of aromatic nitrogens is 3. The first-order chi connectivity index (χ1) is 5.90. The number of nitrogens with zero attached hydrogens (tertiary/aromatic N) is 3. The van der Waals surface area contributed by atoms with Crippen LogP contribution in [0.2, 0.25) is 0 Å². The highest BCUT2D eigenvalue weighted by molar-refractivity contribution is 4.95. The van der Waals surface area contributed by atoms with Gasteiger partial charge in [-0.15, -0.1) is 0 Å². The molecule has 0 N–H and O–H groups in total. The van der Waals surface area contributed by atoms with Crippen LogP contribution in [-0.4, -0.2) is 14.8 Å². The van der Waals surface area contributed by atoms with Crippen molar-refractivity contribution in [2.45, 2.75) is 45.6 Å². The maximum absolute atomic E-state index is 4.49. The van der Waals surface area contributed by atoms with Gasteiger partial charge in [-0.1, -0.05) is 6.92 Å². The highest BCUT2D eigenvalue weighted by Gasteiger charge is 2.12. The van der Waals surface area contributed by atoms with Gasteiger partial charge in [0.05, 0.1) is 0 Å². The van der Waals surface area contributed by atoms with Crippen molar-refractivity contribution in [1.82, 2.24) is 14.8 Å².